The van der Waals surface area contributed by atoms with E-state index in [0.29, 0.717) is 22.4 Å². The van der Waals surface area contributed by atoms with E-state index in [1.54, 1.807) is 44.4 Å². The van der Waals surface area contributed by atoms with Crippen LogP contribution in [-0.2, 0) is 9.09 Å². The molecule has 2 aromatic carbocycles. The molecule has 7 heteroatoms. The van der Waals surface area contributed by atoms with Crippen LogP contribution in [0, 0.1) is 0 Å². The van der Waals surface area contributed by atoms with Crippen LogP contribution in [0.1, 0.15) is 18.3 Å². The molecule has 0 aliphatic carbocycles. The number of nitrogens with zero attached hydrogens (tertiary/aromatic N) is 1. The van der Waals surface area contributed by atoms with Crippen molar-refractivity contribution in [2.45, 2.75) is 12.8 Å². The smallest absolute Gasteiger partial charge is 0.264 e. The third-order valence-electron chi connectivity index (χ3n) is 4.09. The van der Waals surface area contributed by atoms with Crippen molar-refractivity contribution < 1.29 is 23.7 Å². The van der Waals surface area contributed by atoms with E-state index in [9.17, 15) is 9.67 Å². The number of methoxy groups -OCH3 is 2. The fraction of sp³-hybridized carbons (Fsp3) is 0.368. The van der Waals surface area contributed by atoms with Gasteiger partial charge in [0.2, 0.25) is 0 Å². The molecular weight excluding hydrogens is 353 g/mol. The first-order chi connectivity index (χ1) is 12.4. The van der Waals surface area contributed by atoms with Crippen LogP contribution in [-0.4, -0.2) is 40.0 Å². The third kappa shape index (κ3) is 4.04. The van der Waals surface area contributed by atoms with E-state index >= 15 is 0 Å². The Morgan fingerprint density at radius 1 is 1.08 bits per heavy atom. The maximum absolute atomic E-state index is 13.6. The lowest BCUT2D eigenvalue weighted by atomic mass is 10.2. The van der Waals surface area contributed by atoms with E-state index in [1.165, 1.54) is 7.11 Å². The Kier molecular flexibility index (Phi) is 6.70. The zero-order valence-electron chi connectivity index (χ0n) is 15.8. The molecule has 142 valence electrons. The lowest BCUT2D eigenvalue weighted by Crippen LogP contribution is -2.16. The van der Waals surface area contributed by atoms with Crippen LogP contribution in [0.4, 0.5) is 5.69 Å². The van der Waals surface area contributed by atoms with Gasteiger partial charge in [0.1, 0.15) is 11.5 Å². The highest BCUT2D eigenvalue weighted by Gasteiger charge is 2.37. The first-order valence-electron chi connectivity index (χ1n) is 8.29. The Morgan fingerprint density at radius 3 is 2.23 bits per heavy atom. The van der Waals surface area contributed by atoms with Gasteiger partial charge in [-0.25, -0.2) is 0 Å². The van der Waals surface area contributed by atoms with Gasteiger partial charge in [-0.3, -0.25) is 4.57 Å². The van der Waals surface area contributed by atoms with E-state index < -0.39 is 13.2 Å². The van der Waals surface area contributed by atoms with Crippen LogP contribution in [0.3, 0.4) is 0 Å². The predicted molar refractivity (Wildman–Crippen MR) is 104 cm³/mol. The van der Waals surface area contributed by atoms with Crippen LogP contribution < -0.4 is 19.7 Å². The van der Waals surface area contributed by atoms with Gasteiger partial charge in [-0.1, -0.05) is 0 Å². The van der Waals surface area contributed by atoms with Crippen LogP contribution in [0.25, 0.3) is 0 Å². The molecule has 2 rings (SSSR count). The molecule has 2 aromatic rings. The maximum Gasteiger partial charge on any atom is 0.264 e. The van der Waals surface area contributed by atoms with E-state index in [-0.39, 0.29) is 6.61 Å². The largest absolute Gasteiger partial charge is 0.497 e. The number of anilines is 1. The molecule has 0 fully saturated rings. The van der Waals surface area contributed by atoms with Gasteiger partial charge in [-0.05, 0) is 43.3 Å². The first-order valence-corrected chi connectivity index (χ1v) is 9.99. The molecule has 0 bridgehead atoms. The van der Waals surface area contributed by atoms with Gasteiger partial charge in [-0.2, -0.15) is 0 Å². The summed E-state index contributed by atoms with van der Waals surface area (Å²) in [6, 6.07) is 12.1. The summed E-state index contributed by atoms with van der Waals surface area (Å²) in [4.78, 5) is 1.94. The highest BCUT2D eigenvalue weighted by Crippen LogP contribution is 2.59. The Morgan fingerprint density at radius 2 is 1.73 bits per heavy atom. The molecule has 1 N–H and O–H groups in total. The normalized spacial score (nSPS) is 14.4. The standard InChI is InChI=1S/C19H26NO5P/c1-6-25-26(22,16-10-7-14(8-11-16)20(2)3)19(21)17-12-9-15(23-4)13-18(17)24-5/h7-13,19,21H,6H2,1-5H3/t19-,26+/m0/s1. The van der Waals surface area contributed by atoms with Crippen LogP contribution in [0.15, 0.2) is 42.5 Å². The Bertz CT molecular complexity index is 776. The second-order valence-corrected chi connectivity index (χ2v) is 8.36. The summed E-state index contributed by atoms with van der Waals surface area (Å²) in [7, 11) is 3.30. The quantitative estimate of drug-likeness (QED) is 0.709. The monoisotopic (exact) mass is 379 g/mol. The van der Waals surface area contributed by atoms with Crippen molar-refractivity contribution in [3.63, 3.8) is 0 Å². The lowest BCUT2D eigenvalue weighted by molar-refractivity contribution is 0.214. The topological polar surface area (TPSA) is 68.2 Å². The number of hydrogen-bond acceptors (Lipinski definition) is 6. The van der Waals surface area contributed by atoms with Gasteiger partial charge >= 0.3 is 0 Å². The van der Waals surface area contributed by atoms with Gasteiger partial charge in [0.05, 0.1) is 20.8 Å². The van der Waals surface area contributed by atoms with Gasteiger partial charge in [-0.15, -0.1) is 0 Å². The van der Waals surface area contributed by atoms with Crippen LogP contribution in [0.5, 0.6) is 11.5 Å². The maximum atomic E-state index is 13.6. The minimum absolute atomic E-state index is 0.211. The van der Waals surface area contributed by atoms with Crippen molar-refractivity contribution in [1.82, 2.24) is 0 Å². The molecule has 0 radical (unpaired) electrons. The fourth-order valence-corrected chi connectivity index (χ4v) is 4.75. The van der Waals surface area contributed by atoms with Crippen molar-refractivity contribution >= 4 is 18.4 Å². The zero-order chi connectivity index (χ0) is 19.3. The molecule has 2 atom stereocenters. The van der Waals surface area contributed by atoms with E-state index in [4.69, 9.17) is 14.0 Å². The SMILES string of the molecule is CCO[P@](=O)(c1ccc(N(C)C)cc1)[C@H](O)c1ccc(OC)cc1OC. The molecule has 26 heavy (non-hydrogen) atoms. The highest BCUT2D eigenvalue weighted by molar-refractivity contribution is 7.67. The average molecular weight is 379 g/mol. The van der Waals surface area contributed by atoms with Crippen molar-refractivity contribution in [1.29, 1.82) is 0 Å². The van der Waals surface area contributed by atoms with Gasteiger partial charge < -0.3 is 24.0 Å². The summed E-state index contributed by atoms with van der Waals surface area (Å²) in [6.07, 6.45) is 0. The summed E-state index contributed by atoms with van der Waals surface area (Å²) in [5.74, 6) is -0.380. The van der Waals surface area contributed by atoms with Gasteiger partial charge in [0, 0.05) is 36.7 Å². The minimum Gasteiger partial charge on any atom is -0.497 e. The number of aliphatic hydroxyl groups is 1. The second-order valence-electron chi connectivity index (χ2n) is 5.91. The molecule has 0 aliphatic heterocycles. The number of benzene rings is 2. The predicted octanol–water partition coefficient (Wildman–Crippen LogP) is 3.40. The lowest BCUT2D eigenvalue weighted by Gasteiger charge is -2.25. The summed E-state index contributed by atoms with van der Waals surface area (Å²) in [5.41, 5.74) is 1.36. The molecule has 0 unspecified atom stereocenters. The van der Waals surface area contributed by atoms with Crippen LogP contribution >= 0.6 is 7.37 Å². The second kappa shape index (κ2) is 8.58. The molecule has 0 aromatic heterocycles. The summed E-state index contributed by atoms with van der Waals surface area (Å²) in [6.45, 7) is 1.96. The van der Waals surface area contributed by atoms with Crippen molar-refractivity contribution in [2.24, 2.45) is 0 Å². The van der Waals surface area contributed by atoms with Crippen molar-refractivity contribution in [2.75, 3.05) is 39.8 Å². The molecule has 0 saturated carbocycles. The Labute approximate surface area is 154 Å². The summed E-state index contributed by atoms with van der Waals surface area (Å²) < 4.78 is 29.8. The zero-order valence-corrected chi connectivity index (χ0v) is 16.7. The molecule has 0 heterocycles. The van der Waals surface area contributed by atoms with Crippen molar-refractivity contribution in [3.8, 4) is 11.5 Å². The molecule has 0 aliphatic rings. The van der Waals surface area contributed by atoms with E-state index in [2.05, 4.69) is 0 Å². The van der Waals surface area contributed by atoms with Crippen molar-refractivity contribution in [3.05, 3.63) is 48.0 Å². The third-order valence-corrected chi connectivity index (χ3v) is 6.67. The molecule has 0 spiro atoms. The molecular formula is C19H26NO5P. The molecule has 0 saturated heterocycles. The molecule has 0 amide bonds. The average Bonchev–Trinajstić information content (AvgIpc) is 2.66. The van der Waals surface area contributed by atoms with Gasteiger partial charge in [0.25, 0.3) is 7.37 Å². The Balaban J connectivity index is 2.49. The number of rotatable bonds is 8. The molecule has 6 nitrogen and oxygen atoms in total. The fourth-order valence-electron chi connectivity index (χ4n) is 2.65. The number of hydrogen-bond donors (Lipinski definition) is 1. The highest BCUT2D eigenvalue weighted by atomic mass is 31.2. The first kappa shape index (κ1) is 20.3. The number of aliphatic hydroxyl groups excluding tert-OH is 1. The minimum atomic E-state index is -3.58. The van der Waals surface area contributed by atoms with E-state index in [0.717, 1.165) is 5.69 Å². The Hall–Kier alpha value is -2.01. The summed E-state index contributed by atoms with van der Waals surface area (Å²) >= 11 is 0. The number of ether oxygens (including phenoxy) is 2. The van der Waals surface area contributed by atoms with Gasteiger partial charge in [0.15, 0.2) is 5.85 Å². The summed E-state index contributed by atoms with van der Waals surface area (Å²) in [5, 5.41) is 11.4. The van der Waals surface area contributed by atoms with E-state index in [1.807, 2.05) is 31.1 Å². The van der Waals surface area contributed by atoms with Crippen LogP contribution in [0.2, 0.25) is 0 Å².